The monoisotopic (exact) mass is 307 g/mol. The van der Waals surface area contributed by atoms with Crippen molar-refractivity contribution < 1.29 is 14.6 Å². The van der Waals surface area contributed by atoms with Gasteiger partial charge in [-0.15, -0.1) is 12.4 Å². The molecule has 2 N–H and O–H groups in total. The number of carboxylic acid groups (broad SMARTS) is 1. The molecule has 7 heteroatoms. The molecule has 2 rings (SSSR count). The molecular weight excluding hydrogens is 282 g/mol. The second kappa shape index (κ2) is 6.93. The molecule has 2 bridgehead atoms. The number of nitrogens with zero attached hydrogens (tertiary/aromatic N) is 2. The van der Waals surface area contributed by atoms with Gasteiger partial charge in [0.2, 0.25) is 0 Å². The van der Waals surface area contributed by atoms with Gasteiger partial charge in [-0.1, -0.05) is 0 Å². The molecule has 6 nitrogen and oxygen atoms in total. The van der Waals surface area contributed by atoms with Crippen molar-refractivity contribution in [1.29, 1.82) is 0 Å². The fourth-order valence-corrected chi connectivity index (χ4v) is 2.78. The van der Waals surface area contributed by atoms with Crippen LogP contribution in [0.1, 0.15) is 20.8 Å². The highest BCUT2D eigenvalue weighted by atomic mass is 35.5. The molecule has 2 aliphatic rings. The van der Waals surface area contributed by atoms with Gasteiger partial charge >= 0.3 is 6.09 Å². The Hall–Kier alpha value is -0.560. The van der Waals surface area contributed by atoms with Crippen LogP contribution < -0.4 is 5.32 Å². The Morgan fingerprint density at radius 3 is 2.35 bits per heavy atom. The summed E-state index contributed by atoms with van der Waals surface area (Å²) in [5, 5.41) is 12.6. The molecule has 2 atom stereocenters. The van der Waals surface area contributed by atoms with Gasteiger partial charge in [0.05, 0.1) is 12.2 Å². The summed E-state index contributed by atoms with van der Waals surface area (Å²) < 4.78 is 5.84. The van der Waals surface area contributed by atoms with Crippen molar-refractivity contribution >= 4 is 18.5 Å². The number of rotatable bonds is 3. The highest BCUT2D eigenvalue weighted by Gasteiger charge is 2.32. The SMILES string of the molecule is CC(C)(C)N(CCN1CC2CNCC(C1)O2)C(=O)O.Cl. The lowest BCUT2D eigenvalue weighted by molar-refractivity contribution is -0.104. The molecule has 2 fully saturated rings. The van der Waals surface area contributed by atoms with E-state index in [-0.39, 0.29) is 30.2 Å². The maximum atomic E-state index is 11.3. The molecule has 0 saturated carbocycles. The summed E-state index contributed by atoms with van der Waals surface area (Å²) >= 11 is 0. The maximum absolute atomic E-state index is 11.3. The lowest BCUT2D eigenvalue weighted by Gasteiger charge is -2.43. The first-order chi connectivity index (χ1) is 8.86. The Labute approximate surface area is 126 Å². The molecule has 118 valence electrons. The lowest BCUT2D eigenvalue weighted by Crippen LogP contribution is -2.59. The summed E-state index contributed by atoms with van der Waals surface area (Å²) in [4.78, 5) is 15.1. The van der Waals surface area contributed by atoms with E-state index in [1.54, 1.807) is 0 Å². The van der Waals surface area contributed by atoms with Crippen LogP contribution in [-0.2, 0) is 4.74 Å². The number of halogens is 1. The summed E-state index contributed by atoms with van der Waals surface area (Å²) in [5.41, 5.74) is -0.352. The third-order valence-corrected chi connectivity index (χ3v) is 3.73. The van der Waals surface area contributed by atoms with Crippen molar-refractivity contribution in [3.05, 3.63) is 0 Å². The average molecular weight is 308 g/mol. The number of morpholine rings is 2. The second-order valence-corrected chi connectivity index (χ2v) is 6.40. The number of carbonyl (C=O) groups is 1. The van der Waals surface area contributed by atoms with E-state index >= 15 is 0 Å². The third kappa shape index (κ3) is 4.48. The van der Waals surface area contributed by atoms with E-state index in [0.717, 1.165) is 32.7 Å². The van der Waals surface area contributed by atoms with E-state index in [0.29, 0.717) is 6.54 Å². The van der Waals surface area contributed by atoms with Gasteiger partial charge in [-0.25, -0.2) is 4.79 Å². The molecule has 20 heavy (non-hydrogen) atoms. The highest BCUT2D eigenvalue weighted by molar-refractivity contribution is 5.85. The van der Waals surface area contributed by atoms with Crippen LogP contribution in [0.25, 0.3) is 0 Å². The van der Waals surface area contributed by atoms with Gasteiger partial charge in [-0.3, -0.25) is 4.90 Å². The number of fused-ring (bicyclic) bond motifs is 2. The van der Waals surface area contributed by atoms with E-state index in [2.05, 4.69) is 10.2 Å². The standard InChI is InChI=1S/C13H25N3O3.ClH/c1-13(2,3)16(12(17)18)5-4-15-8-10-6-14-7-11(9-15)19-10;/h10-11,14H,4-9H2,1-3H3,(H,17,18);1H. The van der Waals surface area contributed by atoms with Crippen LogP contribution in [0.4, 0.5) is 4.79 Å². The quantitative estimate of drug-likeness (QED) is 0.809. The van der Waals surface area contributed by atoms with Crippen LogP contribution in [-0.4, -0.2) is 78.0 Å². The smallest absolute Gasteiger partial charge is 0.407 e. The van der Waals surface area contributed by atoms with Crippen molar-refractivity contribution in [2.24, 2.45) is 0 Å². The van der Waals surface area contributed by atoms with Crippen molar-refractivity contribution in [1.82, 2.24) is 15.1 Å². The molecule has 0 aromatic rings. The number of hydrogen-bond donors (Lipinski definition) is 2. The maximum Gasteiger partial charge on any atom is 0.407 e. The van der Waals surface area contributed by atoms with Gasteiger partial charge in [0.1, 0.15) is 0 Å². The van der Waals surface area contributed by atoms with Gasteiger partial charge in [0.25, 0.3) is 0 Å². The van der Waals surface area contributed by atoms with Crippen LogP contribution in [0.15, 0.2) is 0 Å². The molecule has 0 aliphatic carbocycles. The zero-order valence-corrected chi connectivity index (χ0v) is 13.3. The van der Waals surface area contributed by atoms with Gasteiger partial charge < -0.3 is 20.1 Å². The fraction of sp³-hybridized carbons (Fsp3) is 0.923. The van der Waals surface area contributed by atoms with Crippen LogP contribution in [0.2, 0.25) is 0 Å². The fourth-order valence-electron chi connectivity index (χ4n) is 2.78. The first-order valence-electron chi connectivity index (χ1n) is 6.95. The van der Waals surface area contributed by atoms with Crippen LogP contribution >= 0.6 is 12.4 Å². The molecular formula is C13H26ClN3O3. The lowest BCUT2D eigenvalue weighted by atomic mass is 10.1. The van der Waals surface area contributed by atoms with Crippen LogP contribution in [0.5, 0.6) is 0 Å². The molecule has 2 unspecified atom stereocenters. The Kier molecular flexibility index (Phi) is 6.06. The summed E-state index contributed by atoms with van der Waals surface area (Å²) in [5.74, 6) is 0. The molecule has 2 aliphatic heterocycles. The minimum absolute atomic E-state index is 0. The van der Waals surface area contributed by atoms with Crippen molar-refractivity contribution in [3.8, 4) is 0 Å². The van der Waals surface area contributed by atoms with Crippen LogP contribution in [0.3, 0.4) is 0 Å². The van der Waals surface area contributed by atoms with Crippen molar-refractivity contribution in [2.75, 3.05) is 39.3 Å². The van der Waals surface area contributed by atoms with E-state index < -0.39 is 6.09 Å². The predicted molar refractivity (Wildman–Crippen MR) is 79.7 cm³/mol. The second-order valence-electron chi connectivity index (χ2n) is 6.40. The van der Waals surface area contributed by atoms with E-state index in [4.69, 9.17) is 4.74 Å². The Balaban J connectivity index is 0.00000200. The number of ether oxygens (including phenoxy) is 1. The first-order valence-corrected chi connectivity index (χ1v) is 6.95. The van der Waals surface area contributed by atoms with Gasteiger partial charge in [-0.2, -0.15) is 0 Å². The van der Waals surface area contributed by atoms with Crippen molar-refractivity contribution in [2.45, 2.75) is 38.5 Å². The van der Waals surface area contributed by atoms with Gasteiger partial charge in [-0.05, 0) is 20.8 Å². The normalized spacial score (nSPS) is 26.8. The number of nitrogens with one attached hydrogen (secondary N) is 1. The predicted octanol–water partition coefficient (Wildman–Crippen LogP) is 0.859. The van der Waals surface area contributed by atoms with Gasteiger partial charge in [0.15, 0.2) is 0 Å². The topological polar surface area (TPSA) is 65.0 Å². The molecule has 0 aromatic carbocycles. The van der Waals surface area contributed by atoms with E-state index in [1.807, 2.05) is 20.8 Å². The molecule has 0 spiro atoms. The molecule has 0 radical (unpaired) electrons. The van der Waals surface area contributed by atoms with Crippen LogP contribution in [0, 0.1) is 0 Å². The largest absolute Gasteiger partial charge is 0.465 e. The minimum Gasteiger partial charge on any atom is -0.465 e. The summed E-state index contributed by atoms with van der Waals surface area (Å²) in [6.45, 7) is 10.7. The van der Waals surface area contributed by atoms with E-state index in [1.165, 1.54) is 4.90 Å². The third-order valence-electron chi connectivity index (χ3n) is 3.73. The summed E-state index contributed by atoms with van der Waals surface area (Å²) in [6.07, 6.45) is -0.344. The highest BCUT2D eigenvalue weighted by Crippen LogP contribution is 2.16. The average Bonchev–Trinajstić information content (AvgIpc) is 2.26. The Morgan fingerprint density at radius 1 is 1.35 bits per heavy atom. The summed E-state index contributed by atoms with van der Waals surface area (Å²) in [6, 6.07) is 0. The van der Waals surface area contributed by atoms with Crippen molar-refractivity contribution in [3.63, 3.8) is 0 Å². The van der Waals surface area contributed by atoms with E-state index in [9.17, 15) is 9.90 Å². The summed E-state index contributed by atoms with van der Waals surface area (Å²) in [7, 11) is 0. The Bertz CT molecular complexity index is 323. The minimum atomic E-state index is -0.845. The van der Waals surface area contributed by atoms with Gasteiger partial charge in [0, 0.05) is 44.8 Å². The molecule has 1 amide bonds. The number of amides is 1. The zero-order chi connectivity index (χ0) is 14.0. The zero-order valence-electron chi connectivity index (χ0n) is 12.5. The first kappa shape index (κ1) is 17.5. The number of hydrogen-bond acceptors (Lipinski definition) is 4. The molecule has 2 saturated heterocycles. The molecule has 0 aromatic heterocycles. The Morgan fingerprint density at radius 2 is 1.90 bits per heavy atom. The molecule has 2 heterocycles.